The van der Waals surface area contributed by atoms with Gasteiger partial charge in [0, 0.05) is 6.42 Å². The van der Waals surface area contributed by atoms with Crippen LogP contribution < -0.4 is 4.74 Å². The maximum absolute atomic E-state index is 8.53. The predicted molar refractivity (Wildman–Crippen MR) is 61.0 cm³/mol. The Morgan fingerprint density at radius 1 is 1.27 bits per heavy atom. The number of nitriles is 1. The van der Waals surface area contributed by atoms with Gasteiger partial charge in [-0.2, -0.15) is 5.26 Å². The van der Waals surface area contributed by atoms with Crippen molar-refractivity contribution >= 4 is 0 Å². The largest absolute Gasteiger partial charge is 0.493 e. The summed E-state index contributed by atoms with van der Waals surface area (Å²) in [4.78, 5) is 0. The van der Waals surface area contributed by atoms with Gasteiger partial charge in [0.15, 0.2) is 0 Å². The van der Waals surface area contributed by atoms with Gasteiger partial charge in [0.25, 0.3) is 0 Å². The number of ether oxygens (including phenoxy) is 1. The Hall–Kier alpha value is -1.49. The van der Waals surface area contributed by atoms with Gasteiger partial charge < -0.3 is 4.74 Å². The fourth-order valence-electron chi connectivity index (χ4n) is 1.76. The van der Waals surface area contributed by atoms with Gasteiger partial charge in [-0.25, -0.2) is 0 Å². The number of nitrogens with zero attached hydrogens (tertiary/aromatic N) is 1. The Labute approximate surface area is 91.5 Å². The molecule has 2 heteroatoms. The second kappa shape index (κ2) is 5.41. The first-order chi connectivity index (χ1) is 7.19. The normalized spacial score (nSPS) is 9.73. The molecule has 0 radical (unpaired) electrons. The van der Waals surface area contributed by atoms with Gasteiger partial charge in [-0.1, -0.05) is 12.1 Å². The average Bonchev–Trinajstić information content (AvgIpc) is 2.20. The Morgan fingerprint density at radius 2 is 1.87 bits per heavy atom. The van der Waals surface area contributed by atoms with Crippen molar-refractivity contribution in [2.24, 2.45) is 0 Å². The third-order valence-electron chi connectivity index (χ3n) is 2.33. The fourth-order valence-corrected chi connectivity index (χ4v) is 1.76. The van der Waals surface area contributed by atoms with E-state index in [1.807, 2.05) is 20.8 Å². The highest BCUT2D eigenvalue weighted by atomic mass is 16.5. The summed E-state index contributed by atoms with van der Waals surface area (Å²) in [6.45, 7) is 6.78. The molecule has 15 heavy (non-hydrogen) atoms. The van der Waals surface area contributed by atoms with Crippen molar-refractivity contribution in [3.8, 4) is 11.8 Å². The summed E-state index contributed by atoms with van der Waals surface area (Å²) in [7, 11) is 0. The zero-order chi connectivity index (χ0) is 11.3. The maximum Gasteiger partial charge on any atom is 0.125 e. The first kappa shape index (κ1) is 11.6. The summed E-state index contributed by atoms with van der Waals surface area (Å²) < 4.78 is 5.56. The molecule has 0 aromatic heterocycles. The van der Waals surface area contributed by atoms with Crippen LogP contribution in [0.5, 0.6) is 5.75 Å². The summed E-state index contributed by atoms with van der Waals surface area (Å²) >= 11 is 0. The van der Waals surface area contributed by atoms with Crippen LogP contribution in [0.25, 0.3) is 0 Å². The molecular weight excluding hydrogens is 186 g/mol. The highest BCUT2D eigenvalue weighted by Crippen LogP contribution is 2.25. The van der Waals surface area contributed by atoms with E-state index in [1.54, 1.807) is 0 Å². The molecule has 1 aromatic rings. The third kappa shape index (κ3) is 2.99. The van der Waals surface area contributed by atoms with Crippen LogP contribution in [0.1, 0.15) is 30.0 Å². The van der Waals surface area contributed by atoms with Crippen LogP contribution in [0.2, 0.25) is 0 Å². The highest BCUT2D eigenvalue weighted by Gasteiger charge is 2.05. The van der Waals surface area contributed by atoms with E-state index in [4.69, 9.17) is 10.00 Å². The SMILES string of the molecule is CCOc1c(C)cc(CCC#N)cc1C. The van der Waals surface area contributed by atoms with Crippen LogP contribution in [0.15, 0.2) is 12.1 Å². The van der Waals surface area contributed by atoms with E-state index in [0.29, 0.717) is 13.0 Å². The van der Waals surface area contributed by atoms with Crippen LogP contribution in [-0.2, 0) is 6.42 Å². The van der Waals surface area contributed by atoms with E-state index in [1.165, 1.54) is 5.56 Å². The number of rotatable bonds is 4. The topological polar surface area (TPSA) is 33.0 Å². The van der Waals surface area contributed by atoms with Gasteiger partial charge in [-0.3, -0.25) is 0 Å². The molecule has 0 heterocycles. The smallest absolute Gasteiger partial charge is 0.125 e. The van der Waals surface area contributed by atoms with Gasteiger partial charge in [-0.15, -0.1) is 0 Å². The van der Waals surface area contributed by atoms with Crippen molar-refractivity contribution in [3.05, 3.63) is 28.8 Å². The van der Waals surface area contributed by atoms with Crippen LogP contribution in [-0.4, -0.2) is 6.61 Å². The molecule has 1 rings (SSSR count). The van der Waals surface area contributed by atoms with Gasteiger partial charge in [0.05, 0.1) is 12.7 Å². The summed E-state index contributed by atoms with van der Waals surface area (Å²) in [5.74, 6) is 0.984. The standard InChI is InChI=1S/C13H17NO/c1-4-15-13-10(2)8-12(6-5-7-14)9-11(13)3/h8-9H,4-6H2,1-3H3. The van der Waals surface area contributed by atoms with E-state index in [2.05, 4.69) is 18.2 Å². The molecule has 80 valence electrons. The monoisotopic (exact) mass is 203 g/mol. The van der Waals surface area contributed by atoms with E-state index in [0.717, 1.165) is 23.3 Å². The molecule has 0 saturated carbocycles. The highest BCUT2D eigenvalue weighted by molar-refractivity contribution is 5.43. The minimum absolute atomic E-state index is 0.576. The lowest BCUT2D eigenvalue weighted by atomic mass is 10.0. The molecule has 0 saturated heterocycles. The summed E-state index contributed by atoms with van der Waals surface area (Å²) in [5.41, 5.74) is 3.53. The molecule has 0 spiro atoms. The molecule has 0 aliphatic heterocycles. The molecule has 1 aromatic carbocycles. The average molecular weight is 203 g/mol. The number of hydrogen-bond donors (Lipinski definition) is 0. The zero-order valence-electron chi connectivity index (χ0n) is 9.63. The Kier molecular flexibility index (Phi) is 4.17. The van der Waals surface area contributed by atoms with Crippen molar-refractivity contribution in [1.29, 1.82) is 5.26 Å². The lowest BCUT2D eigenvalue weighted by Gasteiger charge is -2.12. The predicted octanol–water partition coefficient (Wildman–Crippen LogP) is 3.16. The zero-order valence-corrected chi connectivity index (χ0v) is 9.63. The lowest BCUT2D eigenvalue weighted by molar-refractivity contribution is 0.335. The minimum atomic E-state index is 0.576. The summed E-state index contributed by atoms with van der Waals surface area (Å²) in [6, 6.07) is 6.38. The molecular formula is C13H17NO. The third-order valence-corrected chi connectivity index (χ3v) is 2.33. The molecule has 0 atom stereocenters. The number of benzene rings is 1. The van der Waals surface area contributed by atoms with Gasteiger partial charge in [-0.05, 0) is 43.9 Å². The molecule has 0 unspecified atom stereocenters. The molecule has 0 aliphatic rings. The van der Waals surface area contributed by atoms with Crippen molar-refractivity contribution in [2.45, 2.75) is 33.6 Å². The molecule has 0 bridgehead atoms. The lowest BCUT2D eigenvalue weighted by Crippen LogP contribution is -1.98. The van der Waals surface area contributed by atoms with E-state index in [-0.39, 0.29) is 0 Å². The maximum atomic E-state index is 8.53. The quantitative estimate of drug-likeness (QED) is 0.753. The van der Waals surface area contributed by atoms with Gasteiger partial charge in [0.2, 0.25) is 0 Å². The van der Waals surface area contributed by atoms with Crippen LogP contribution in [0, 0.1) is 25.2 Å². The van der Waals surface area contributed by atoms with Gasteiger partial charge >= 0.3 is 0 Å². The second-order valence-corrected chi connectivity index (χ2v) is 3.65. The Bertz CT molecular complexity index is 354. The Morgan fingerprint density at radius 3 is 2.33 bits per heavy atom. The van der Waals surface area contributed by atoms with Gasteiger partial charge in [0.1, 0.15) is 5.75 Å². The Balaban J connectivity index is 2.93. The summed E-state index contributed by atoms with van der Waals surface area (Å²) in [6.07, 6.45) is 1.40. The molecule has 0 N–H and O–H groups in total. The van der Waals surface area contributed by atoms with Crippen molar-refractivity contribution in [1.82, 2.24) is 0 Å². The van der Waals surface area contributed by atoms with Crippen LogP contribution >= 0.6 is 0 Å². The molecule has 0 amide bonds. The fraction of sp³-hybridized carbons (Fsp3) is 0.462. The van der Waals surface area contributed by atoms with Crippen molar-refractivity contribution in [2.75, 3.05) is 6.61 Å². The first-order valence-electron chi connectivity index (χ1n) is 5.29. The van der Waals surface area contributed by atoms with E-state index >= 15 is 0 Å². The molecule has 0 fully saturated rings. The van der Waals surface area contributed by atoms with E-state index in [9.17, 15) is 0 Å². The first-order valence-corrected chi connectivity index (χ1v) is 5.29. The van der Waals surface area contributed by atoms with Crippen LogP contribution in [0.4, 0.5) is 0 Å². The van der Waals surface area contributed by atoms with E-state index < -0.39 is 0 Å². The number of hydrogen-bond acceptors (Lipinski definition) is 2. The number of aryl methyl sites for hydroxylation is 3. The van der Waals surface area contributed by atoms with Crippen molar-refractivity contribution < 1.29 is 4.74 Å². The van der Waals surface area contributed by atoms with Crippen molar-refractivity contribution in [3.63, 3.8) is 0 Å². The summed E-state index contributed by atoms with van der Waals surface area (Å²) in [5, 5.41) is 8.53. The molecule has 0 aliphatic carbocycles. The minimum Gasteiger partial charge on any atom is -0.493 e. The van der Waals surface area contributed by atoms with Crippen LogP contribution in [0.3, 0.4) is 0 Å². The second-order valence-electron chi connectivity index (χ2n) is 3.65. The molecule has 2 nitrogen and oxygen atoms in total.